The van der Waals surface area contributed by atoms with E-state index in [2.05, 4.69) is 11.4 Å². The minimum absolute atomic E-state index is 0.212. The topological polar surface area (TPSA) is 32.3 Å². The quantitative estimate of drug-likeness (QED) is 0.465. The van der Waals surface area contributed by atoms with Crippen molar-refractivity contribution in [3.8, 4) is 0 Å². The summed E-state index contributed by atoms with van der Waals surface area (Å²) in [6.45, 7) is 1.22. The number of rotatable bonds is 1. The van der Waals surface area contributed by atoms with Crippen molar-refractivity contribution in [2.75, 3.05) is 13.2 Å². The van der Waals surface area contributed by atoms with Gasteiger partial charge < -0.3 is 10.4 Å². The largest absolute Gasteiger partial charge is 0.394 e. The van der Waals surface area contributed by atoms with Gasteiger partial charge in [0.15, 0.2) is 0 Å². The average molecular weight is 113 g/mol. The average Bonchev–Trinajstić information content (AvgIpc) is 1.90. The third-order valence-electron chi connectivity index (χ3n) is 1.28. The monoisotopic (exact) mass is 113 g/mol. The van der Waals surface area contributed by atoms with Gasteiger partial charge in [0, 0.05) is 6.04 Å². The Bertz CT molecular complexity index is 90.5. The first-order chi connectivity index (χ1) is 3.93. The molecule has 8 heavy (non-hydrogen) atoms. The molecular weight excluding hydrogens is 102 g/mol. The van der Waals surface area contributed by atoms with E-state index >= 15 is 0 Å². The van der Waals surface area contributed by atoms with E-state index in [0.717, 1.165) is 13.0 Å². The zero-order valence-electron chi connectivity index (χ0n) is 4.80. The zero-order chi connectivity index (χ0) is 5.82. The molecule has 2 N–H and O–H groups in total. The number of hydrogen-bond acceptors (Lipinski definition) is 2. The predicted octanol–water partition coefficient (Wildman–Crippen LogP) is -0.103. The lowest BCUT2D eigenvalue weighted by molar-refractivity contribution is 0.262. The predicted molar refractivity (Wildman–Crippen MR) is 32.6 cm³/mol. The Balaban J connectivity index is 2.32. The van der Waals surface area contributed by atoms with Crippen LogP contribution in [0.4, 0.5) is 0 Å². The van der Waals surface area contributed by atoms with E-state index in [1.54, 1.807) is 0 Å². The summed E-state index contributed by atoms with van der Waals surface area (Å²) in [5, 5.41) is 11.7. The Morgan fingerprint density at radius 3 is 3.00 bits per heavy atom. The third-order valence-corrected chi connectivity index (χ3v) is 1.28. The summed E-state index contributed by atoms with van der Waals surface area (Å²) in [6.07, 6.45) is 5.19. The molecule has 0 saturated heterocycles. The summed E-state index contributed by atoms with van der Waals surface area (Å²) in [7, 11) is 0. The van der Waals surface area contributed by atoms with Crippen LogP contribution in [-0.2, 0) is 0 Å². The first kappa shape index (κ1) is 5.79. The van der Waals surface area contributed by atoms with E-state index in [4.69, 9.17) is 5.11 Å². The van der Waals surface area contributed by atoms with Crippen LogP contribution in [0.5, 0.6) is 0 Å². The van der Waals surface area contributed by atoms with Crippen molar-refractivity contribution >= 4 is 0 Å². The van der Waals surface area contributed by atoms with Crippen molar-refractivity contribution in [2.45, 2.75) is 12.5 Å². The van der Waals surface area contributed by atoms with Gasteiger partial charge in [-0.25, -0.2) is 0 Å². The van der Waals surface area contributed by atoms with E-state index in [1.165, 1.54) is 0 Å². The molecule has 0 aliphatic carbocycles. The molecule has 1 rings (SSSR count). The number of hydrogen-bond donors (Lipinski definition) is 2. The van der Waals surface area contributed by atoms with E-state index in [9.17, 15) is 0 Å². The third kappa shape index (κ3) is 1.32. The van der Waals surface area contributed by atoms with E-state index in [-0.39, 0.29) is 12.6 Å². The maximum atomic E-state index is 8.58. The molecule has 0 amide bonds. The highest BCUT2D eigenvalue weighted by atomic mass is 16.3. The fourth-order valence-electron chi connectivity index (χ4n) is 0.806. The normalized spacial score (nSPS) is 28.4. The Morgan fingerprint density at radius 1 is 1.75 bits per heavy atom. The molecule has 2 heteroatoms. The molecule has 0 radical (unpaired) electrons. The summed E-state index contributed by atoms with van der Waals surface area (Å²) in [4.78, 5) is 0. The highest BCUT2D eigenvalue weighted by molar-refractivity contribution is 4.97. The maximum Gasteiger partial charge on any atom is 0.0620 e. The summed E-state index contributed by atoms with van der Waals surface area (Å²) in [5.74, 6) is 0. The van der Waals surface area contributed by atoms with Crippen LogP contribution in [0.2, 0.25) is 0 Å². The van der Waals surface area contributed by atoms with Crippen LogP contribution in [0, 0.1) is 0 Å². The van der Waals surface area contributed by atoms with Crippen molar-refractivity contribution in [2.24, 2.45) is 0 Å². The Kier molecular flexibility index (Phi) is 2.06. The van der Waals surface area contributed by atoms with Crippen molar-refractivity contribution in [3.63, 3.8) is 0 Å². The summed E-state index contributed by atoms with van der Waals surface area (Å²) >= 11 is 0. The van der Waals surface area contributed by atoms with Crippen molar-refractivity contribution in [3.05, 3.63) is 12.2 Å². The second kappa shape index (κ2) is 2.84. The molecule has 1 heterocycles. The molecule has 0 aromatic rings. The minimum atomic E-state index is 0.212. The van der Waals surface area contributed by atoms with Crippen LogP contribution in [0.25, 0.3) is 0 Å². The van der Waals surface area contributed by atoms with Gasteiger partial charge in [-0.05, 0) is 13.0 Å². The number of aliphatic hydroxyl groups excluding tert-OH is 1. The number of nitrogens with one attached hydrogen (secondary N) is 1. The fraction of sp³-hybridized carbons (Fsp3) is 0.667. The van der Waals surface area contributed by atoms with Gasteiger partial charge in [0.2, 0.25) is 0 Å². The van der Waals surface area contributed by atoms with Gasteiger partial charge in [-0.15, -0.1) is 0 Å². The second-order valence-electron chi connectivity index (χ2n) is 1.96. The molecule has 0 saturated carbocycles. The highest BCUT2D eigenvalue weighted by Gasteiger charge is 2.02. The molecule has 0 fully saturated rings. The van der Waals surface area contributed by atoms with Gasteiger partial charge in [0.05, 0.1) is 6.61 Å². The smallest absolute Gasteiger partial charge is 0.0620 e. The van der Waals surface area contributed by atoms with Crippen LogP contribution in [0.15, 0.2) is 12.2 Å². The molecule has 1 aliphatic heterocycles. The van der Waals surface area contributed by atoms with Crippen molar-refractivity contribution in [1.82, 2.24) is 5.32 Å². The molecule has 1 aliphatic rings. The Hall–Kier alpha value is -0.340. The molecule has 2 nitrogen and oxygen atoms in total. The molecule has 0 unspecified atom stereocenters. The molecular formula is C6H11NO. The number of aliphatic hydroxyl groups is 1. The SMILES string of the molecule is OC[C@H]1C=CCCN1. The minimum Gasteiger partial charge on any atom is -0.394 e. The first-order valence-corrected chi connectivity index (χ1v) is 2.94. The summed E-state index contributed by atoms with van der Waals surface area (Å²) < 4.78 is 0. The van der Waals surface area contributed by atoms with Gasteiger partial charge >= 0.3 is 0 Å². The Labute approximate surface area is 49.2 Å². The lowest BCUT2D eigenvalue weighted by Crippen LogP contribution is -2.33. The van der Waals surface area contributed by atoms with Crippen LogP contribution < -0.4 is 5.32 Å². The van der Waals surface area contributed by atoms with Crippen LogP contribution >= 0.6 is 0 Å². The summed E-state index contributed by atoms with van der Waals surface area (Å²) in [5.41, 5.74) is 0. The molecule has 46 valence electrons. The standard InChI is InChI=1S/C6H11NO/c8-5-6-3-1-2-4-7-6/h1,3,6-8H,2,4-5H2/t6-/m1/s1. The molecule has 1 atom stereocenters. The van der Waals surface area contributed by atoms with Crippen LogP contribution in [0.1, 0.15) is 6.42 Å². The van der Waals surface area contributed by atoms with E-state index in [1.807, 2.05) is 6.08 Å². The van der Waals surface area contributed by atoms with Gasteiger partial charge in [-0.2, -0.15) is 0 Å². The highest BCUT2D eigenvalue weighted by Crippen LogP contribution is 1.94. The zero-order valence-corrected chi connectivity index (χ0v) is 4.80. The maximum absolute atomic E-state index is 8.58. The van der Waals surface area contributed by atoms with Crippen molar-refractivity contribution < 1.29 is 5.11 Å². The Morgan fingerprint density at radius 2 is 2.62 bits per heavy atom. The molecule has 0 bridgehead atoms. The van der Waals surface area contributed by atoms with Crippen LogP contribution in [0.3, 0.4) is 0 Å². The molecule has 0 spiro atoms. The van der Waals surface area contributed by atoms with Gasteiger partial charge in [0.25, 0.3) is 0 Å². The first-order valence-electron chi connectivity index (χ1n) is 2.94. The van der Waals surface area contributed by atoms with Gasteiger partial charge in [-0.1, -0.05) is 12.2 Å². The van der Waals surface area contributed by atoms with Crippen molar-refractivity contribution in [1.29, 1.82) is 0 Å². The van der Waals surface area contributed by atoms with E-state index in [0.29, 0.717) is 0 Å². The van der Waals surface area contributed by atoms with E-state index < -0.39 is 0 Å². The molecule has 0 aromatic heterocycles. The van der Waals surface area contributed by atoms with Gasteiger partial charge in [-0.3, -0.25) is 0 Å². The van der Waals surface area contributed by atoms with Crippen LogP contribution in [-0.4, -0.2) is 24.3 Å². The molecule has 0 aromatic carbocycles. The fourth-order valence-corrected chi connectivity index (χ4v) is 0.806. The lowest BCUT2D eigenvalue weighted by atomic mass is 10.2. The lowest BCUT2D eigenvalue weighted by Gasteiger charge is -2.14. The second-order valence-corrected chi connectivity index (χ2v) is 1.96. The van der Waals surface area contributed by atoms with Gasteiger partial charge in [0.1, 0.15) is 0 Å². The summed E-state index contributed by atoms with van der Waals surface area (Å²) in [6, 6.07) is 0.212.